The lowest BCUT2D eigenvalue weighted by Crippen LogP contribution is -2.25. The summed E-state index contributed by atoms with van der Waals surface area (Å²) in [5, 5.41) is 34.1. The summed E-state index contributed by atoms with van der Waals surface area (Å²) in [5.41, 5.74) is 0. The molecule has 0 amide bonds. The van der Waals surface area contributed by atoms with Crippen LogP contribution < -0.4 is 0 Å². The van der Waals surface area contributed by atoms with E-state index in [2.05, 4.69) is 0 Å². The fraction of sp³-hybridized carbons (Fsp3) is 1.00. The first-order valence-corrected chi connectivity index (χ1v) is 3.36. The van der Waals surface area contributed by atoms with E-state index in [-0.39, 0.29) is 43.8 Å². The molecule has 3 radical (unpaired) electrons. The lowest BCUT2D eigenvalue weighted by molar-refractivity contribution is -0.0364. The van der Waals surface area contributed by atoms with E-state index in [1.165, 1.54) is 0 Å². The zero-order valence-corrected chi connectivity index (χ0v) is 7.91. The minimum atomic E-state index is -0.916. The van der Waals surface area contributed by atoms with Crippen LogP contribution in [0.15, 0.2) is 0 Å². The molecule has 0 aromatic heterocycles. The molecule has 0 saturated carbocycles. The van der Waals surface area contributed by atoms with Crippen LogP contribution in [0.5, 0.6) is 0 Å². The average Bonchev–Trinajstić information content (AvgIpc) is 2.04. The van der Waals surface area contributed by atoms with Gasteiger partial charge < -0.3 is 25.2 Å². The number of aliphatic hydroxyl groups is 4. The van der Waals surface area contributed by atoms with Gasteiger partial charge >= 0.3 is 0 Å². The molecule has 0 bridgehead atoms. The SMILES string of the molecule is OCC(O)COCC(O)CO.[Al]. The summed E-state index contributed by atoms with van der Waals surface area (Å²) in [7, 11) is 0. The maximum absolute atomic E-state index is 8.72. The van der Waals surface area contributed by atoms with Crippen LogP contribution in [0.25, 0.3) is 0 Å². The normalized spacial score (nSPS) is 15.0. The fourth-order valence-electron chi connectivity index (χ4n) is 0.446. The van der Waals surface area contributed by atoms with Gasteiger partial charge in [0, 0.05) is 17.4 Å². The van der Waals surface area contributed by atoms with Crippen molar-refractivity contribution in [2.75, 3.05) is 26.4 Å². The van der Waals surface area contributed by atoms with Crippen LogP contribution in [0.4, 0.5) is 0 Å². The van der Waals surface area contributed by atoms with Gasteiger partial charge in [-0.05, 0) is 0 Å². The van der Waals surface area contributed by atoms with Crippen LogP contribution in [0, 0.1) is 0 Å². The molecule has 2 atom stereocenters. The maximum atomic E-state index is 8.72. The second kappa shape index (κ2) is 9.42. The number of hydrogen-bond donors (Lipinski definition) is 4. The van der Waals surface area contributed by atoms with Crippen LogP contribution in [0.1, 0.15) is 0 Å². The Morgan fingerprint density at radius 1 is 0.917 bits per heavy atom. The number of rotatable bonds is 6. The summed E-state index contributed by atoms with van der Waals surface area (Å²) in [5.74, 6) is 0. The number of hydrogen-bond acceptors (Lipinski definition) is 5. The Bertz CT molecular complexity index is 82.0. The van der Waals surface area contributed by atoms with Gasteiger partial charge in [0.05, 0.1) is 26.4 Å². The van der Waals surface area contributed by atoms with Gasteiger partial charge in [-0.3, -0.25) is 0 Å². The summed E-state index contributed by atoms with van der Waals surface area (Å²) in [6.07, 6.45) is -1.83. The molecular weight excluding hydrogens is 179 g/mol. The van der Waals surface area contributed by atoms with E-state index >= 15 is 0 Å². The zero-order chi connectivity index (χ0) is 8.69. The first-order valence-electron chi connectivity index (χ1n) is 3.36. The average molecular weight is 193 g/mol. The van der Waals surface area contributed by atoms with E-state index in [0.717, 1.165) is 0 Å². The standard InChI is InChI=1S/C6H14O5.Al/c7-1-5(9)3-11-4-6(10)2-8;/h5-10H,1-4H2;. The molecule has 12 heavy (non-hydrogen) atoms. The highest BCUT2D eigenvalue weighted by Crippen LogP contribution is 1.87. The van der Waals surface area contributed by atoms with E-state index in [9.17, 15) is 0 Å². The third-order valence-electron chi connectivity index (χ3n) is 1.04. The second-order valence-corrected chi connectivity index (χ2v) is 2.21. The quantitative estimate of drug-likeness (QED) is 0.345. The van der Waals surface area contributed by atoms with E-state index < -0.39 is 12.2 Å². The van der Waals surface area contributed by atoms with Gasteiger partial charge in [0.2, 0.25) is 0 Å². The predicted molar refractivity (Wildman–Crippen MR) is 42.8 cm³/mol. The molecule has 0 aromatic rings. The van der Waals surface area contributed by atoms with Gasteiger partial charge in [-0.25, -0.2) is 0 Å². The summed E-state index contributed by atoms with van der Waals surface area (Å²) in [6, 6.07) is 0. The molecule has 2 unspecified atom stereocenters. The monoisotopic (exact) mass is 193 g/mol. The molecule has 0 aliphatic rings. The van der Waals surface area contributed by atoms with Crippen LogP contribution in [-0.4, -0.2) is 76.4 Å². The Hall–Kier alpha value is 0.332. The van der Waals surface area contributed by atoms with Crippen molar-refractivity contribution in [1.29, 1.82) is 0 Å². The van der Waals surface area contributed by atoms with Crippen molar-refractivity contribution >= 4 is 17.4 Å². The Kier molecular flexibility index (Phi) is 11.6. The van der Waals surface area contributed by atoms with Gasteiger partial charge in [0.15, 0.2) is 0 Å². The second-order valence-electron chi connectivity index (χ2n) is 2.21. The highest BCUT2D eigenvalue weighted by Gasteiger charge is 2.04. The lowest BCUT2D eigenvalue weighted by atomic mass is 10.4. The fourth-order valence-corrected chi connectivity index (χ4v) is 0.446. The minimum absolute atomic E-state index is 0. The van der Waals surface area contributed by atoms with Crippen molar-refractivity contribution in [2.24, 2.45) is 0 Å². The molecule has 5 nitrogen and oxygen atoms in total. The minimum Gasteiger partial charge on any atom is -0.394 e. The summed E-state index contributed by atoms with van der Waals surface area (Å²) < 4.78 is 4.72. The molecule has 0 fully saturated rings. The van der Waals surface area contributed by atoms with Crippen LogP contribution in [0.3, 0.4) is 0 Å². The summed E-state index contributed by atoms with van der Waals surface area (Å²) in [6.45, 7) is -0.800. The predicted octanol–water partition coefficient (Wildman–Crippen LogP) is -2.67. The van der Waals surface area contributed by atoms with Gasteiger partial charge in [-0.15, -0.1) is 0 Å². The first kappa shape index (κ1) is 14.8. The van der Waals surface area contributed by atoms with E-state index in [0.29, 0.717) is 0 Å². The Morgan fingerprint density at radius 2 is 1.25 bits per heavy atom. The highest BCUT2D eigenvalue weighted by atomic mass is 27.0. The highest BCUT2D eigenvalue weighted by molar-refractivity contribution is 5.75. The topological polar surface area (TPSA) is 90.2 Å². The van der Waals surface area contributed by atoms with Crippen LogP contribution >= 0.6 is 0 Å². The van der Waals surface area contributed by atoms with Crippen molar-refractivity contribution in [2.45, 2.75) is 12.2 Å². The molecule has 0 aromatic carbocycles. The number of aliphatic hydroxyl groups excluding tert-OH is 4. The molecule has 0 aliphatic carbocycles. The van der Waals surface area contributed by atoms with Crippen molar-refractivity contribution in [3.63, 3.8) is 0 Å². The number of ether oxygens (including phenoxy) is 1. The Balaban J connectivity index is 0. The Labute approximate surface area is 81.7 Å². The van der Waals surface area contributed by atoms with Gasteiger partial charge in [0.1, 0.15) is 12.2 Å². The zero-order valence-electron chi connectivity index (χ0n) is 6.76. The van der Waals surface area contributed by atoms with Gasteiger partial charge in [-0.2, -0.15) is 0 Å². The third kappa shape index (κ3) is 8.43. The molecule has 0 heterocycles. The first-order chi connectivity index (χ1) is 5.20. The summed E-state index contributed by atoms with van der Waals surface area (Å²) >= 11 is 0. The molecule has 6 heteroatoms. The molecule has 0 saturated heterocycles. The largest absolute Gasteiger partial charge is 0.394 e. The van der Waals surface area contributed by atoms with Gasteiger partial charge in [-0.1, -0.05) is 0 Å². The molecule has 4 N–H and O–H groups in total. The summed E-state index contributed by atoms with van der Waals surface area (Å²) in [4.78, 5) is 0. The van der Waals surface area contributed by atoms with Gasteiger partial charge in [0.25, 0.3) is 0 Å². The molecule has 0 aliphatic heterocycles. The molecule has 0 spiro atoms. The third-order valence-corrected chi connectivity index (χ3v) is 1.04. The van der Waals surface area contributed by atoms with Crippen LogP contribution in [-0.2, 0) is 4.74 Å². The lowest BCUT2D eigenvalue weighted by Gasteiger charge is -2.10. The maximum Gasteiger partial charge on any atom is 0.100 e. The van der Waals surface area contributed by atoms with Crippen molar-refractivity contribution in [3.05, 3.63) is 0 Å². The van der Waals surface area contributed by atoms with E-state index in [1.807, 2.05) is 0 Å². The molecular formula is C6H14AlO5. The molecule has 71 valence electrons. The molecule has 0 rings (SSSR count). The Morgan fingerprint density at radius 3 is 1.50 bits per heavy atom. The van der Waals surface area contributed by atoms with E-state index in [1.54, 1.807) is 0 Å². The smallest absolute Gasteiger partial charge is 0.100 e. The van der Waals surface area contributed by atoms with Crippen LogP contribution in [0.2, 0.25) is 0 Å². The van der Waals surface area contributed by atoms with Crippen molar-refractivity contribution in [3.8, 4) is 0 Å². The van der Waals surface area contributed by atoms with E-state index in [4.69, 9.17) is 25.2 Å². The van der Waals surface area contributed by atoms with Crippen molar-refractivity contribution < 1.29 is 25.2 Å². The van der Waals surface area contributed by atoms with Crippen molar-refractivity contribution in [1.82, 2.24) is 0 Å².